The highest BCUT2D eigenvalue weighted by Gasteiger charge is 2.44. The van der Waals surface area contributed by atoms with E-state index < -0.39 is 153 Å². The van der Waals surface area contributed by atoms with E-state index in [-0.39, 0.29) is 0 Å². The number of halogens is 6. The van der Waals surface area contributed by atoms with E-state index in [4.69, 9.17) is 14.8 Å². The lowest BCUT2D eigenvalue weighted by atomic mass is 10.0. The second kappa shape index (κ2) is 11.4. The van der Waals surface area contributed by atoms with Crippen LogP contribution in [-0.2, 0) is 0 Å². The maximum Gasteiger partial charge on any atom is 0.275 e. The van der Waals surface area contributed by atoms with Gasteiger partial charge < -0.3 is 0 Å². The molecule has 0 bridgehead atoms. The van der Waals surface area contributed by atoms with Crippen molar-refractivity contribution in [3.63, 3.8) is 0 Å². The summed E-state index contributed by atoms with van der Waals surface area (Å²) in [7, 11) is 0. The molecule has 0 unspecified atom stereocenters. The lowest BCUT2D eigenvalue weighted by Crippen LogP contribution is -1.99. The van der Waals surface area contributed by atoms with Crippen molar-refractivity contribution in [2.75, 3.05) is 0 Å². The van der Waals surface area contributed by atoms with Gasteiger partial charge in [0.1, 0.15) is 47.0 Å². The molecule has 0 amide bonds. The van der Waals surface area contributed by atoms with Gasteiger partial charge in [0.2, 0.25) is 5.70 Å². The van der Waals surface area contributed by atoms with Crippen LogP contribution in [0.5, 0.6) is 0 Å². The Balaban J connectivity index is 2.38. The summed E-state index contributed by atoms with van der Waals surface area (Å²) in [5.74, 6) is -13.5. The predicted octanol–water partition coefficient (Wildman–Crippen LogP) is 6.84. The first kappa shape index (κ1) is 23.7. The molecule has 0 heterocycles. The zero-order valence-corrected chi connectivity index (χ0v) is 20.9. The Morgan fingerprint density at radius 2 is 0.889 bits per heavy atom. The number of nitrogens with zero attached hydrogens (tertiary/aromatic N) is 6. The molecular formula is C27H6F6N6O6. The number of benzene rings is 3. The van der Waals surface area contributed by atoms with Crippen LogP contribution in [0.4, 0.5) is 43.4 Å². The van der Waals surface area contributed by atoms with E-state index in [1.165, 1.54) is 0 Å². The van der Waals surface area contributed by atoms with Crippen LogP contribution in [0.3, 0.4) is 0 Å². The van der Waals surface area contributed by atoms with E-state index in [1.807, 2.05) is 0 Å². The van der Waals surface area contributed by atoms with Crippen LogP contribution in [0, 0.1) is 94.5 Å². The van der Waals surface area contributed by atoms with Gasteiger partial charge >= 0.3 is 0 Å². The maximum atomic E-state index is 15.4. The fourth-order valence-electron chi connectivity index (χ4n) is 3.94. The Kier molecular flexibility index (Phi) is 6.01. The molecule has 45 heavy (non-hydrogen) atoms. The van der Waals surface area contributed by atoms with E-state index in [9.17, 15) is 40.9 Å². The van der Waals surface area contributed by atoms with Gasteiger partial charge in [-0.1, -0.05) is 0 Å². The van der Waals surface area contributed by atoms with E-state index in [0.717, 1.165) is 12.1 Å². The summed E-state index contributed by atoms with van der Waals surface area (Å²) >= 11 is 0. The Hall–Kier alpha value is -6.87. The van der Waals surface area contributed by atoms with Gasteiger partial charge in [0.15, 0.2) is 0 Å². The standard InChI is InChI=1S/C27H6F6N6O6/c1-36-27(25-19(32)6-12(39(44)45)7-20(25)33)26-23(13(8-34)21-15(28)2-10(37(40)41)3-16(21)29)24(26)14(9-35)22-17(30)4-11(38(42)43)5-18(22)31/h2-7H/b23-13-,24-14+,27-26?/i2D,3D,4D,5D,6D,7D. The minimum Gasteiger partial charge on any atom is -0.258 e. The second-order valence-corrected chi connectivity index (χ2v) is 8.14. The highest BCUT2D eigenvalue weighted by Crippen LogP contribution is 2.57. The van der Waals surface area contributed by atoms with Gasteiger partial charge in [-0.25, -0.2) is 31.2 Å². The largest absolute Gasteiger partial charge is 0.275 e. The van der Waals surface area contributed by atoms with Crippen LogP contribution in [0.1, 0.15) is 24.9 Å². The van der Waals surface area contributed by atoms with Gasteiger partial charge in [0, 0.05) is 0 Å². The van der Waals surface area contributed by atoms with Gasteiger partial charge in [-0.2, -0.15) is 10.5 Å². The lowest BCUT2D eigenvalue weighted by Gasteiger charge is -2.04. The van der Waals surface area contributed by atoms with E-state index >= 15 is 26.3 Å². The summed E-state index contributed by atoms with van der Waals surface area (Å²) in [4.78, 5) is 31.9. The molecule has 0 atom stereocenters. The summed E-state index contributed by atoms with van der Waals surface area (Å²) in [6.07, 6.45) is 0. The second-order valence-electron chi connectivity index (χ2n) is 8.14. The number of hydrogen-bond donors (Lipinski definition) is 0. The first-order chi connectivity index (χ1) is 23.7. The minimum absolute atomic E-state index is 1.12. The molecular weight excluding hydrogens is 618 g/mol. The topological polar surface area (TPSA) is 181 Å². The summed E-state index contributed by atoms with van der Waals surface area (Å²) < 4.78 is 139. The SMILES string of the molecule is [2H]c1c(F)c(C([N+]#[C-])=C2C(=C(\C#N)c3c(F)c([2H])c([N+](=O)[O-])c([2H])c3F)/C2=C(\C#N)c2c(F)c([2H])c([N+](=O)[O-])c([2H])c2F)c(F)c([2H])c1[N+](=O)[O-]. The zero-order chi connectivity index (χ0) is 38.7. The molecule has 222 valence electrons. The van der Waals surface area contributed by atoms with Crippen LogP contribution >= 0.6 is 0 Å². The molecule has 0 N–H and O–H groups in total. The number of nitro benzene ring substituents is 3. The molecule has 1 fully saturated rings. The monoisotopic (exact) mass is 630 g/mol. The molecule has 3 aromatic carbocycles. The predicted molar refractivity (Wildman–Crippen MR) is 138 cm³/mol. The number of rotatable bonds is 6. The molecule has 4 rings (SSSR count). The Morgan fingerprint density at radius 1 is 0.622 bits per heavy atom. The molecule has 0 radical (unpaired) electrons. The number of hydrogen-bond acceptors (Lipinski definition) is 8. The zero-order valence-electron chi connectivity index (χ0n) is 26.9. The van der Waals surface area contributed by atoms with Crippen LogP contribution in [0.2, 0.25) is 0 Å². The first-order valence-corrected chi connectivity index (χ1v) is 11.0. The first-order valence-electron chi connectivity index (χ1n) is 14.0. The summed E-state index contributed by atoms with van der Waals surface area (Å²) in [6, 6.07) is -8.63. The quantitative estimate of drug-likeness (QED) is 0.0932. The van der Waals surface area contributed by atoms with Crippen molar-refractivity contribution >= 4 is 33.9 Å². The molecule has 0 spiro atoms. The van der Waals surface area contributed by atoms with Crippen molar-refractivity contribution in [2.45, 2.75) is 0 Å². The number of nitro groups is 3. The third kappa shape index (κ3) is 5.28. The average Bonchev–Trinajstić information content (AvgIpc) is 3.77. The fraction of sp³-hybridized carbons (Fsp3) is 0. The number of allylic oxidation sites excluding steroid dienone is 5. The summed E-state index contributed by atoms with van der Waals surface area (Å²) in [5.41, 5.74) is -19.1. The third-order valence-corrected chi connectivity index (χ3v) is 5.73. The Labute approximate surface area is 253 Å². The molecule has 1 aliphatic rings. The van der Waals surface area contributed by atoms with Crippen molar-refractivity contribution in [2.24, 2.45) is 0 Å². The summed E-state index contributed by atoms with van der Waals surface area (Å²) in [5, 5.41) is 53.8. The molecule has 0 saturated heterocycles. The van der Waals surface area contributed by atoms with Crippen molar-refractivity contribution in [1.82, 2.24) is 0 Å². The van der Waals surface area contributed by atoms with Crippen LogP contribution in [-0.4, -0.2) is 14.8 Å². The Bertz CT molecular complexity index is 2120. The van der Waals surface area contributed by atoms with Crippen molar-refractivity contribution in [3.05, 3.63) is 146 Å². The Morgan fingerprint density at radius 3 is 1.11 bits per heavy atom. The van der Waals surface area contributed by atoms with Crippen molar-refractivity contribution in [1.29, 1.82) is 10.5 Å². The molecule has 0 aliphatic heterocycles. The van der Waals surface area contributed by atoms with E-state index in [1.54, 1.807) is 0 Å². The highest BCUT2D eigenvalue weighted by atomic mass is 19.2. The van der Waals surface area contributed by atoms with Crippen molar-refractivity contribution < 1.29 is 49.3 Å². The third-order valence-electron chi connectivity index (χ3n) is 5.73. The van der Waals surface area contributed by atoms with Crippen molar-refractivity contribution in [3.8, 4) is 12.1 Å². The maximum absolute atomic E-state index is 15.4. The van der Waals surface area contributed by atoms with Crippen LogP contribution < -0.4 is 0 Å². The summed E-state index contributed by atoms with van der Waals surface area (Å²) in [6.45, 7) is 7.58. The smallest absolute Gasteiger partial charge is 0.258 e. The molecule has 18 heteroatoms. The van der Waals surface area contributed by atoms with Gasteiger partial charge in [-0.15, -0.1) is 0 Å². The molecule has 1 saturated carbocycles. The van der Waals surface area contributed by atoms with Gasteiger partial charge in [-0.3, -0.25) is 30.3 Å². The molecule has 3 aromatic rings. The van der Waals surface area contributed by atoms with Gasteiger partial charge in [-0.05, 0) is 16.7 Å². The van der Waals surface area contributed by atoms with Gasteiger partial charge in [0.05, 0.1) is 93.7 Å². The average molecular weight is 630 g/mol. The normalized spacial score (nSPS) is 17.1. The van der Waals surface area contributed by atoms with Gasteiger partial charge in [0.25, 0.3) is 17.1 Å². The number of nitriles is 2. The minimum atomic E-state index is -2.25. The van der Waals surface area contributed by atoms with Crippen LogP contribution in [0.25, 0.3) is 21.7 Å². The lowest BCUT2D eigenvalue weighted by molar-refractivity contribution is -0.385. The highest BCUT2D eigenvalue weighted by molar-refractivity contribution is 6.11. The van der Waals surface area contributed by atoms with Crippen LogP contribution in [0.15, 0.2) is 53.0 Å². The van der Waals surface area contributed by atoms with E-state index in [2.05, 4.69) is 4.85 Å². The molecule has 12 nitrogen and oxygen atoms in total. The van der Waals surface area contributed by atoms with E-state index in [0.29, 0.717) is 0 Å². The molecule has 1 aliphatic carbocycles. The molecule has 0 aromatic heterocycles. The fourth-order valence-corrected chi connectivity index (χ4v) is 3.94.